The van der Waals surface area contributed by atoms with Gasteiger partial charge >= 0.3 is 0 Å². The summed E-state index contributed by atoms with van der Waals surface area (Å²) in [5.74, 6) is 1.01. The van der Waals surface area contributed by atoms with Crippen LogP contribution in [0.2, 0.25) is 0 Å². The van der Waals surface area contributed by atoms with Crippen LogP contribution in [0.15, 0.2) is 0 Å². The fourth-order valence-corrected chi connectivity index (χ4v) is 6.43. The molecule has 1 N–H and O–H groups in total. The summed E-state index contributed by atoms with van der Waals surface area (Å²) in [5, 5.41) is 8.98. The number of aliphatic hydroxyl groups excluding tert-OH is 1. The Kier molecular flexibility index (Phi) is 3.04. The zero-order valence-corrected chi connectivity index (χ0v) is 8.60. The average molecular weight is 186 g/mol. The van der Waals surface area contributed by atoms with Gasteiger partial charge in [0.2, 0.25) is 0 Å². The molecule has 2 heteroatoms. The van der Waals surface area contributed by atoms with Gasteiger partial charge in [-0.25, -0.2) is 0 Å². The number of hydrogen-bond acceptors (Lipinski definition) is 1. The fourth-order valence-electron chi connectivity index (χ4n) is 2.87. The van der Waals surface area contributed by atoms with Crippen LogP contribution < -0.4 is 0 Å². The highest BCUT2D eigenvalue weighted by Crippen LogP contribution is 2.57. The first-order chi connectivity index (χ1) is 5.92. The highest BCUT2D eigenvalue weighted by Gasteiger charge is 2.35. The number of hydrogen-bond donors (Lipinski definition) is 1. The van der Waals surface area contributed by atoms with E-state index in [2.05, 4.69) is 0 Å². The van der Waals surface area contributed by atoms with Crippen LogP contribution in [0.3, 0.4) is 0 Å². The van der Waals surface area contributed by atoms with Gasteiger partial charge in [0.15, 0.2) is 0 Å². The summed E-state index contributed by atoms with van der Waals surface area (Å²) in [6.07, 6.45) is 10.0. The van der Waals surface area contributed by atoms with Crippen molar-refractivity contribution in [3.8, 4) is 0 Å². The Hall–Kier alpha value is 0.390. The minimum atomic E-state index is 0.349. The van der Waals surface area contributed by atoms with E-state index in [1.807, 2.05) is 0 Å². The van der Waals surface area contributed by atoms with Crippen LogP contribution in [-0.4, -0.2) is 29.7 Å². The molecule has 2 saturated heterocycles. The third kappa shape index (κ3) is 1.67. The summed E-state index contributed by atoms with van der Waals surface area (Å²) in [6, 6.07) is 0. The van der Waals surface area contributed by atoms with Gasteiger partial charge in [0.25, 0.3) is 0 Å². The maximum absolute atomic E-state index is 8.98. The van der Waals surface area contributed by atoms with E-state index < -0.39 is 0 Å². The molecular weight excluding hydrogens is 167 g/mol. The van der Waals surface area contributed by atoms with Crippen LogP contribution in [0.25, 0.3) is 0 Å². The van der Waals surface area contributed by atoms with Gasteiger partial charge in [-0.15, -0.1) is 7.92 Å². The quantitative estimate of drug-likeness (QED) is 0.657. The van der Waals surface area contributed by atoms with Crippen molar-refractivity contribution in [2.75, 3.05) is 18.9 Å². The van der Waals surface area contributed by atoms with Gasteiger partial charge in [0.05, 0.1) is 0 Å². The average Bonchev–Trinajstić information content (AvgIpc) is 2.26. The summed E-state index contributed by atoms with van der Waals surface area (Å²) in [5.41, 5.74) is 0.951. The molecule has 2 heterocycles. The number of fused-ring (bicyclic) bond motifs is 2. The lowest BCUT2D eigenvalue weighted by Crippen LogP contribution is -2.13. The van der Waals surface area contributed by atoms with E-state index in [1.165, 1.54) is 38.0 Å². The Morgan fingerprint density at radius 1 is 1.17 bits per heavy atom. The fraction of sp³-hybridized carbons (Fsp3) is 1.00. The third-order valence-electron chi connectivity index (χ3n) is 3.50. The summed E-state index contributed by atoms with van der Waals surface area (Å²) < 4.78 is 0. The van der Waals surface area contributed by atoms with E-state index in [-0.39, 0.29) is 0 Å². The van der Waals surface area contributed by atoms with Crippen molar-refractivity contribution in [3.63, 3.8) is 0 Å². The molecule has 2 aliphatic rings. The van der Waals surface area contributed by atoms with Crippen molar-refractivity contribution in [1.82, 2.24) is 0 Å². The van der Waals surface area contributed by atoms with Crippen LogP contribution >= 0.6 is 7.92 Å². The van der Waals surface area contributed by atoms with Crippen LogP contribution in [0.4, 0.5) is 0 Å². The molecule has 0 spiro atoms. The Balaban J connectivity index is 1.99. The minimum absolute atomic E-state index is 0.349. The van der Waals surface area contributed by atoms with Gasteiger partial charge in [0, 0.05) is 6.61 Å². The Labute approximate surface area is 76.3 Å². The zero-order chi connectivity index (χ0) is 8.39. The molecule has 0 aliphatic carbocycles. The van der Waals surface area contributed by atoms with Crippen LogP contribution in [-0.2, 0) is 0 Å². The predicted molar refractivity (Wildman–Crippen MR) is 54.1 cm³/mol. The highest BCUT2D eigenvalue weighted by molar-refractivity contribution is 7.58. The molecule has 3 unspecified atom stereocenters. The van der Waals surface area contributed by atoms with E-state index in [1.54, 1.807) is 0 Å². The zero-order valence-electron chi connectivity index (χ0n) is 7.71. The van der Waals surface area contributed by atoms with Crippen molar-refractivity contribution in [2.45, 2.75) is 37.8 Å². The molecule has 0 aromatic carbocycles. The number of rotatable bonds is 2. The first kappa shape index (κ1) is 8.97. The van der Waals surface area contributed by atoms with Crippen molar-refractivity contribution in [3.05, 3.63) is 0 Å². The molecule has 2 bridgehead atoms. The van der Waals surface area contributed by atoms with Gasteiger partial charge in [-0.3, -0.25) is 0 Å². The highest BCUT2D eigenvalue weighted by atomic mass is 31.1. The Morgan fingerprint density at radius 3 is 2.92 bits per heavy atom. The van der Waals surface area contributed by atoms with Gasteiger partial charge in [-0.05, 0) is 49.6 Å². The second-order valence-electron chi connectivity index (χ2n) is 4.16. The first-order valence-corrected chi connectivity index (χ1v) is 7.05. The van der Waals surface area contributed by atoms with E-state index >= 15 is 0 Å². The van der Waals surface area contributed by atoms with Gasteiger partial charge in [-0.1, -0.05) is 6.42 Å². The van der Waals surface area contributed by atoms with Crippen LogP contribution in [0.5, 0.6) is 0 Å². The summed E-state index contributed by atoms with van der Waals surface area (Å²) >= 11 is 0. The molecule has 70 valence electrons. The minimum Gasteiger partial charge on any atom is -0.396 e. The molecule has 1 nitrogen and oxygen atoms in total. The standard InChI is InChI=1S/C10H19OP/c11-6-4-10-9-3-1-2-7-12(10)8-5-9/h9-11H,1-8H2. The molecule has 2 aliphatic heterocycles. The number of aliphatic hydroxyl groups is 1. The summed E-state index contributed by atoms with van der Waals surface area (Å²) in [7, 11) is 0.349. The Morgan fingerprint density at radius 2 is 2.08 bits per heavy atom. The second-order valence-corrected chi connectivity index (χ2v) is 6.90. The van der Waals surface area contributed by atoms with Crippen LogP contribution in [0, 0.1) is 5.92 Å². The largest absolute Gasteiger partial charge is 0.396 e. The monoisotopic (exact) mass is 186 g/mol. The van der Waals surface area contributed by atoms with Crippen LogP contribution in [0.1, 0.15) is 32.1 Å². The van der Waals surface area contributed by atoms with E-state index in [0.29, 0.717) is 14.5 Å². The third-order valence-corrected chi connectivity index (χ3v) is 6.84. The molecule has 0 amide bonds. The lowest BCUT2D eigenvalue weighted by atomic mass is 9.94. The SMILES string of the molecule is OCCC1C2CCCCP1CC2. The van der Waals surface area contributed by atoms with E-state index in [0.717, 1.165) is 18.0 Å². The van der Waals surface area contributed by atoms with Crippen molar-refractivity contribution in [1.29, 1.82) is 0 Å². The molecule has 0 aromatic heterocycles. The molecule has 0 radical (unpaired) electrons. The molecule has 12 heavy (non-hydrogen) atoms. The normalized spacial score (nSPS) is 41.2. The summed E-state index contributed by atoms with van der Waals surface area (Å²) in [6.45, 7) is 0.431. The molecule has 2 fully saturated rings. The first-order valence-electron chi connectivity index (χ1n) is 5.26. The topological polar surface area (TPSA) is 20.2 Å². The van der Waals surface area contributed by atoms with Crippen molar-refractivity contribution >= 4 is 7.92 Å². The summed E-state index contributed by atoms with van der Waals surface area (Å²) in [4.78, 5) is 0. The van der Waals surface area contributed by atoms with Gasteiger partial charge in [-0.2, -0.15) is 0 Å². The van der Waals surface area contributed by atoms with E-state index in [9.17, 15) is 0 Å². The predicted octanol–water partition coefficient (Wildman–Crippen LogP) is 2.42. The molecular formula is C10H19OP. The van der Waals surface area contributed by atoms with Crippen molar-refractivity contribution < 1.29 is 5.11 Å². The Bertz CT molecular complexity index is 135. The smallest absolute Gasteiger partial charge is 0.0437 e. The maximum Gasteiger partial charge on any atom is 0.0437 e. The van der Waals surface area contributed by atoms with Gasteiger partial charge in [0.1, 0.15) is 0 Å². The lowest BCUT2D eigenvalue weighted by Gasteiger charge is -2.21. The van der Waals surface area contributed by atoms with Crippen molar-refractivity contribution in [2.24, 2.45) is 5.92 Å². The maximum atomic E-state index is 8.98. The van der Waals surface area contributed by atoms with Gasteiger partial charge < -0.3 is 5.11 Å². The lowest BCUT2D eigenvalue weighted by molar-refractivity contribution is 0.273. The molecule has 0 saturated carbocycles. The molecule has 2 rings (SSSR count). The van der Waals surface area contributed by atoms with E-state index in [4.69, 9.17) is 5.11 Å². The molecule has 0 aromatic rings. The second kappa shape index (κ2) is 4.07. The molecule has 3 atom stereocenters.